The molecule has 1 atom stereocenters. The zero-order valence-corrected chi connectivity index (χ0v) is 6.15. The summed E-state index contributed by atoms with van der Waals surface area (Å²) < 4.78 is 0. The molecule has 0 radical (unpaired) electrons. The molecule has 0 aromatic rings. The van der Waals surface area contributed by atoms with E-state index < -0.39 is 0 Å². The Morgan fingerprint density at radius 3 is 2.89 bits per heavy atom. The Morgan fingerprint density at radius 1 is 1.78 bits per heavy atom. The van der Waals surface area contributed by atoms with Gasteiger partial charge in [0.1, 0.15) is 0 Å². The second-order valence-electron chi connectivity index (χ2n) is 2.24. The maximum absolute atomic E-state index is 5.83. The van der Waals surface area contributed by atoms with Crippen LogP contribution in [0.5, 0.6) is 0 Å². The Labute approximate surface area is 60.2 Å². The highest BCUT2D eigenvalue weighted by Crippen LogP contribution is 2.19. The van der Waals surface area contributed by atoms with Crippen molar-refractivity contribution in [2.75, 3.05) is 0 Å². The van der Waals surface area contributed by atoms with Gasteiger partial charge < -0.3 is 5.73 Å². The topological polar surface area (TPSA) is 26.0 Å². The van der Waals surface area contributed by atoms with E-state index in [0.717, 1.165) is 17.7 Å². The fourth-order valence-corrected chi connectivity index (χ4v) is 1.11. The van der Waals surface area contributed by atoms with Crippen LogP contribution >= 0.6 is 11.6 Å². The second-order valence-corrected chi connectivity index (χ2v) is 2.77. The maximum Gasteiger partial charge on any atom is 0.0767 e. The van der Waals surface area contributed by atoms with Crippen molar-refractivity contribution in [2.24, 2.45) is 5.73 Å². The average molecular weight is 144 g/mol. The summed E-state index contributed by atoms with van der Waals surface area (Å²) >= 11 is 5.83. The van der Waals surface area contributed by atoms with Crippen molar-refractivity contribution >= 4 is 11.6 Å². The summed E-state index contributed by atoms with van der Waals surface area (Å²) in [5, 5.41) is 0.0231. The third-order valence-electron chi connectivity index (χ3n) is 1.50. The van der Waals surface area contributed by atoms with E-state index in [1.807, 2.05) is 19.1 Å². The first kappa shape index (κ1) is 6.69. The predicted molar refractivity (Wildman–Crippen MR) is 40.3 cm³/mol. The summed E-state index contributed by atoms with van der Waals surface area (Å²) in [6.07, 6.45) is 4.92. The summed E-state index contributed by atoms with van der Waals surface area (Å²) in [6, 6.07) is 0. The van der Waals surface area contributed by atoms with Gasteiger partial charge >= 0.3 is 0 Å². The van der Waals surface area contributed by atoms with Crippen LogP contribution in [0.15, 0.2) is 23.4 Å². The first-order chi connectivity index (χ1) is 4.22. The van der Waals surface area contributed by atoms with E-state index >= 15 is 0 Å². The fourth-order valence-electron chi connectivity index (χ4n) is 0.835. The van der Waals surface area contributed by atoms with Crippen LogP contribution in [-0.2, 0) is 0 Å². The van der Waals surface area contributed by atoms with Crippen molar-refractivity contribution in [2.45, 2.75) is 18.7 Å². The van der Waals surface area contributed by atoms with E-state index in [1.54, 1.807) is 0 Å². The van der Waals surface area contributed by atoms with Crippen LogP contribution in [0.4, 0.5) is 0 Å². The zero-order chi connectivity index (χ0) is 6.85. The van der Waals surface area contributed by atoms with E-state index in [0.29, 0.717) is 0 Å². The van der Waals surface area contributed by atoms with E-state index in [1.165, 1.54) is 0 Å². The van der Waals surface area contributed by atoms with Crippen LogP contribution in [0.3, 0.4) is 0 Å². The first-order valence-electron chi connectivity index (χ1n) is 2.98. The molecule has 1 nitrogen and oxygen atoms in total. The molecule has 1 rings (SSSR count). The van der Waals surface area contributed by atoms with Crippen molar-refractivity contribution in [1.29, 1.82) is 0 Å². The van der Waals surface area contributed by atoms with Gasteiger partial charge in [-0.05, 0) is 18.9 Å². The Bertz CT molecular complexity index is 170. The summed E-state index contributed by atoms with van der Waals surface area (Å²) in [5.41, 5.74) is 7.54. The van der Waals surface area contributed by atoms with Crippen molar-refractivity contribution in [3.05, 3.63) is 23.4 Å². The number of allylic oxidation sites excluding steroid dienone is 4. The number of rotatable bonds is 0. The first-order valence-corrected chi connectivity index (χ1v) is 3.42. The number of hydrogen-bond donors (Lipinski definition) is 1. The molecule has 0 aromatic heterocycles. The molecule has 1 aliphatic rings. The number of hydrogen-bond acceptors (Lipinski definition) is 1. The van der Waals surface area contributed by atoms with E-state index in [-0.39, 0.29) is 5.38 Å². The van der Waals surface area contributed by atoms with Crippen molar-refractivity contribution in [1.82, 2.24) is 0 Å². The molecule has 50 valence electrons. The molecule has 0 amide bonds. The third kappa shape index (κ3) is 1.28. The van der Waals surface area contributed by atoms with Crippen molar-refractivity contribution in [3.63, 3.8) is 0 Å². The van der Waals surface area contributed by atoms with Gasteiger partial charge in [-0.25, -0.2) is 0 Å². The van der Waals surface area contributed by atoms with Gasteiger partial charge in [0.25, 0.3) is 0 Å². The largest absolute Gasteiger partial charge is 0.401 e. The summed E-state index contributed by atoms with van der Waals surface area (Å²) in [6.45, 7) is 1.97. The van der Waals surface area contributed by atoms with Gasteiger partial charge in [-0.15, -0.1) is 11.6 Å². The molecule has 0 fully saturated rings. The molecular weight excluding hydrogens is 134 g/mol. The molecule has 2 N–H and O–H groups in total. The molecular formula is C7H10ClN. The molecule has 1 unspecified atom stereocenters. The van der Waals surface area contributed by atoms with E-state index in [9.17, 15) is 0 Å². The van der Waals surface area contributed by atoms with Crippen LogP contribution < -0.4 is 5.73 Å². The zero-order valence-electron chi connectivity index (χ0n) is 5.39. The smallest absolute Gasteiger partial charge is 0.0767 e. The Hall–Kier alpha value is -0.430. The number of halogens is 1. The standard InChI is InChI=1S/C7H10ClN/c1-5-3-2-4-6(8)7(5)9/h2-3,6H,4,9H2,1H3. The minimum atomic E-state index is 0.0231. The number of alkyl halides is 1. The predicted octanol–water partition coefficient (Wildman–Crippen LogP) is 1.79. The van der Waals surface area contributed by atoms with Gasteiger partial charge in [-0.1, -0.05) is 12.2 Å². The molecule has 0 saturated carbocycles. The highest BCUT2D eigenvalue weighted by atomic mass is 35.5. The molecule has 0 aromatic carbocycles. The van der Waals surface area contributed by atoms with Crippen LogP contribution in [0.1, 0.15) is 13.3 Å². The lowest BCUT2D eigenvalue weighted by atomic mass is 10.1. The molecule has 0 aliphatic heterocycles. The summed E-state index contributed by atoms with van der Waals surface area (Å²) in [4.78, 5) is 0. The Balaban J connectivity index is 2.83. The molecule has 0 heterocycles. The van der Waals surface area contributed by atoms with Gasteiger partial charge in [0.05, 0.1) is 5.38 Å². The normalized spacial score (nSPS) is 27.1. The molecule has 9 heavy (non-hydrogen) atoms. The van der Waals surface area contributed by atoms with Gasteiger partial charge in [0, 0.05) is 5.70 Å². The van der Waals surface area contributed by atoms with E-state index in [4.69, 9.17) is 17.3 Å². The fraction of sp³-hybridized carbons (Fsp3) is 0.429. The van der Waals surface area contributed by atoms with Crippen molar-refractivity contribution < 1.29 is 0 Å². The van der Waals surface area contributed by atoms with Crippen molar-refractivity contribution in [3.8, 4) is 0 Å². The molecule has 1 aliphatic carbocycles. The van der Waals surface area contributed by atoms with Crippen LogP contribution in [-0.4, -0.2) is 5.38 Å². The molecule has 2 heteroatoms. The Kier molecular flexibility index (Phi) is 1.81. The molecule has 0 saturated heterocycles. The van der Waals surface area contributed by atoms with Crippen LogP contribution in [0.2, 0.25) is 0 Å². The third-order valence-corrected chi connectivity index (χ3v) is 1.92. The Morgan fingerprint density at radius 2 is 2.44 bits per heavy atom. The monoisotopic (exact) mass is 143 g/mol. The van der Waals surface area contributed by atoms with Crippen LogP contribution in [0.25, 0.3) is 0 Å². The lowest BCUT2D eigenvalue weighted by Crippen LogP contribution is -2.15. The highest BCUT2D eigenvalue weighted by Gasteiger charge is 2.10. The van der Waals surface area contributed by atoms with Crippen LogP contribution in [0, 0.1) is 0 Å². The van der Waals surface area contributed by atoms with Gasteiger partial charge in [0.15, 0.2) is 0 Å². The summed E-state index contributed by atoms with van der Waals surface area (Å²) in [7, 11) is 0. The molecule has 0 spiro atoms. The second kappa shape index (κ2) is 2.44. The van der Waals surface area contributed by atoms with E-state index in [2.05, 4.69) is 0 Å². The maximum atomic E-state index is 5.83. The summed E-state index contributed by atoms with van der Waals surface area (Å²) in [5.74, 6) is 0. The SMILES string of the molecule is CC1=C(N)C(Cl)CC=C1. The lowest BCUT2D eigenvalue weighted by molar-refractivity contribution is 0.930. The minimum absolute atomic E-state index is 0.0231. The number of nitrogens with two attached hydrogens (primary N) is 1. The minimum Gasteiger partial charge on any atom is -0.401 e. The van der Waals surface area contributed by atoms with Gasteiger partial charge in [-0.3, -0.25) is 0 Å². The van der Waals surface area contributed by atoms with Gasteiger partial charge in [-0.2, -0.15) is 0 Å². The quantitative estimate of drug-likeness (QED) is 0.514. The van der Waals surface area contributed by atoms with Gasteiger partial charge in [0.2, 0.25) is 0 Å². The highest BCUT2D eigenvalue weighted by molar-refractivity contribution is 6.22. The average Bonchev–Trinajstić information content (AvgIpc) is 1.83. The molecule has 0 bridgehead atoms. The lowest BCUT2D eigenvalue weighted by Gasteiger charge is -2.13.